The van der Waals surface area contributed by atoms with Crippen molar-refractivity contribution in [3.05, 3.63) is 81.9 Å². The summed E-state index contributed by atoms with van der Waals surface area (Å²) in [6.45, 7) is 1.51. The van der Waals surface area contributed by atoms with Gasteiger partial charge in [-0.05, 0) is 5.56 Å². The van der Waals surface area contributed by atoms with E-state index in [4.69, 9.17) is 4.84 Å². The largest absolute Gasteiger partial charge is 0.345 e. The summed E-state index contributed by atoms with van der Waals surface area (Å²) in [5.74, 6) is -2.03. The summed E-state index contributed by atoms with van der Waals surface area (Å²) in [5.41, 5.74) is 1.88. The first-order valence-electron chi connectivity index (χ1n) is 7.62. The molecule has 2 aromatic rings. The van der Waals surface area contributed by atoms with Crippen LogP contribution in [-0.2, 0) is 9.63 Å². The maximum atomic E-state index is 12.3. The third-order valence-electron chi connectivity index (χ3n) is 4.25. The quantitative estimate of drug-likeness (QED) is 0.481. The van der Waals surface area contributed by atoms with Crippen molar-refractivity contribution in [3.8, 4) is 0 Å². The number of nitrogens with zero attached hydrogens (tertiary/aromatic N) is 2. The minimum absolute atomic E-state index is 0.369. The first-order chi connectivity index (χ1) is 11.6. The SMILES string of the molecule is CC(C(c1ccccc1)C1C(=O)ON=C1c1ccccc1)[N+](=O)[O-]. The van der Waals surface area contributed by atoms with Crippen molar-refractivity contribution in [2.75, 3.05) is 0 Å². The lowest BCUT2D eigenvalue weighted by atomic mass is 9.77. The topological polar surface area (TPSA) is 81.8 Å². The highest BCUT2D eigenvalue weighted by Crippen LogP contribution is 2.36. The molecule has 0 aromatic heterocycles. The van der Waals surface area contributed by atoms with Crippen LogP contribution in [0.1, 0.15) is 24.0 Å². The van der Waals surface area contributed by atoms with Crippen LogP contribution in [0.2, 0.25) is 0 Å². The van der Waals surface area contributed by atoms with Crippen LogP contribution in [0.5, 0.6) is 0 Å². The molecule has 3 atom stereocenters. The summed E-state index contributed by atoms with van der Waals surface area (Å²) in [5, 5.41) is 15.3. The van der Waals surface area contributed by atoms with E-state index in [2.05, 4.69) is 5.16 Å². The number of nitro groups is 1. The molecule has 0 saturated heterocycles. The second kappa shape index (κ2) is 6.62. The van der Waals surface area contributed by atoms with Crippen LogP contribution in [0.4, 0.5) is 0 Å². The molecule has 1 heterocycles. The van der Waals surface area contributed by atoms with Gasteiger partial charge in [0.2, 0.25) is 6.04 Å². The minimum Gasteiger partial charge on any atom is -0.317 e. The van der Waals surface area contributed by atoms with Gasteiger partial charge in [-0.15, -0.1) is 0 Å². The highest BCUT2D eigenvalue weighted by molar-refractivity contribution is 6.14. The van der Waals surface area contributed by atoms with E-state index >= 15 is 0 Å². The summed E-state index contributed by atoms with van der Waals surface area (Å²) >= 11 is 0. The Labute approximate surface area is 138 Å². The van der Waals surface area contributed by atoms with Crippen molar-refractivity contribution in [2.24, 2.45) is 11.1 Å². The molecule has 2 aromatic carbocycles. The molecule has 0 radical (unpaired) electrons. The first kappa shape index (κ1) is 15.9. The normalized spacial score (nSPS) is 19.3. The zero-order chi connectivity index (χ0) is 17.1. The smallest absolute Gasteiger partial charge is 0.317 e. The van der Waals surface area contributed by atoms with Crippen LogP contribution in [0.25, 0.3) is 0 Å². The summed E-state index contributed by atoms with van der Waals surface area (Å²) in [4.78, 5) is 28.3. The average Bonchev–Trinajstić information content (AvgIpc) is 2.98. The summed E-state index contributed by atoms with van der Waals surface area (Å²) in [6.07, 6.45) is 0. The molecule has 3 unspecified atom stereocenters. The van der Waals surface area contributed by atoms with Gasteiger partial charge in [0, 0.05) is 17.4 Å². The third-order valence-corrected chi connectivity index (χ3v) is 4.25. The molecular formula is C18H16N2O4. The van der Waals surface area contributed by atoms with Gasteiger partial charge in [-0.1, -0.05) is 65.8 Å². The van der Waals surface area contributed by atoms with Crippen molar-refractivity contribution in [3.63, 3.8) is 0 Å². The zero-order valence-corrected chi connectivity index (χ0v) is 13.0. The monoisotopic (exact) mass is 324 g/mol. The highest BCUT2D eigenvalue weighted by Gasteiger charge is 2.46. The fraction of sp³-hybridized carbons (Fsp3) is 0.222. The standard InChI is InChI=1S/C18H16N2O4/c1-12(20(22)23)15(13-8-4-2-5-9-13)16-17(19-24-18(16)21)14-10-6-3-7-11-14/h2-12,15-16H,1H3. The second-order valence-electron chi connectivity index (χ2n) is 5.69. The Morgan fingerprint density at radius 3 is 2.25 bits per heavy atom. The van der Waals surface area contributed by atoms with Crippen molar-refractivity contribution < 1.29 is 14.6 Å². The van der Waals surface area contributed by atoms with E-state index in [1.54, 1.807) is 24.3 Å². The molecule has 3 rings (SSSR count). The second-order valence-corrected chi connectivity index (χ2v) is 5.69. The van der Waals surface area contributed by atoms with Crippen molar-refractivity contribution >= 4 is 11.7 Å². The fourth-order valence-electron chi connectivity index (χ4n) is 3.03. The Kier molecular flexibility index (Phi) is 4.37. The third kappa shape index (κ3) is 2.90. The van der Waals surface area contributed by atoms with Crippen LogP contribution in [0, 0.1) is 16.0 Å². The van der Waals surface area contributed by atoms with E-state index in [1.807, 2.05) is 36.4 Å². The van der Waals surface area contributed by atoms with Gasteiger partial charge < -0.3 is 4.84 Å². The van der Waals surface area contributed by atoms with E-state index < -0.39 is 23.8 Å². The first-order valence-corrected chi connectivity index (χ1v) is 7.62. The Morgan fingerprint density at radius 2 is 1.67 bits per heavy atom. The number of oxime groups is 1. The van der Waals surface area contributed by atoms with Gasteiger partial charge in [-0.25, -0.2) is 4.79 Å². The van der Waals surface area contributed by atoms with Crippen LogP contribution < -0.4 is 0 Å². The van der Waals surface area contributed by atoms with Gasteiger partial charge in [-0.3, -0.25) is 10.1 Å². The number of benzene rings is 2. The maximum Gasteiger partial charge on any atom is 0.345 e. The molecule has 0 bridgehead atoms. The summed E-state index contributed by atoms with van der Waals surface area (Å²) in [6, 6.07) is 17.2. The number of hydrogen-bond donors (Lipinski definition) is 0. The molecule has 24 heavy (non-hydrogen) atoms. The molecule has 6 nitrogen and oxygen atoms in total. The summed E-state index contributed by atoms with van der Waals surface area (Å²) in [7, 11) is 0. The zero-order valence-electron chi connectivity index (χ0n) is 13.0. The maximum absolute atomic E-state index is 12.3. The molecule has 0 N–H and O–H groups in total. The number of rotatable bonds is 5. The van der Waals surface area contributed by atoms with Crippen molar-refractivity contribution in [1.29, 1.82) is 0 Å². The molecule has 122 valence electrons. The predicted molar refractivity (Wildman–Crippen MR) is 88.2 cm³/mol. The molecule has 0 spiro atoms. The lowest BCUT2D eigenvalue weighted by molar-refractivity contribution is -0.523. The van der Waals surface area contributed by atoms with Gasteiger partial charge >= 0.3 is 5.97 Å². The van der Waals surface area contributed by atoms with Crippen LogP contribution >= 0.6 is 0 Å². The van der Waals surface area contributed by atoms with E-state index in [0.717, 1.165) is 5.56 Å². The van der Waals surface area contributed by atoms with E-state index in [1.165, 1.54) is 6.92 Å². The number of carbonyl (C=O) groups is 1. The highest BCUT2D eigenvalue weighted by atomic mass is 16.7. The minimum atomic E-state index is -0.961. The van der Waals surface area contributed by atoms with Gasteiger partial charge in [-0.2, -0.15) is 0 Å². The van der Waals surface area contributed by atoms with Gasteiger partial charge in [0.05, 0.1) is 5.92 Å². The van der Waals surface area contributed by atoms with E-state index in [9.17, 15) is 14.9 Å². The van der Waals surface area contributed by atoms with Crippen LogP contribution in [0.15, 0.2) is 65.8 Å². The van der Waals surface area contributed by atoms with Crippen molar-refractivity contribution in [1.82, 2.24) is 0 Å². The van der Waals surface area contributed by atoms with Gasteiger partial charge in [0.25, 0.3) is 0 Å². The van der Waals surface area contributed by atoms with E-state index in [-0.39, 0.29) is 4.92 Å². The van der Waals surface area contributed by atoms with E-state index in [0.29, 0.717) is 11.3 Å². The Balaban J connectivity index is 2.07. The molecule has 0 saturated carbocycles. The van der Waals surface area contributed by atoms with Gasteiger partial charge in [0.1, 0.15) is 11.6 Å². The van der Waals surface area contributed by atoms with Gasteiger partial charge in [0.15, 0.2) is 0 Å². The molecule has 0 fully saturated rings. The molecule has 0 amide bonds. The number of carbonyl (C=O) groups excluding carboxylic acids is 1. The fourth-order valence-corrected chi connectivity index (χ4v) is 3.03. The molecule has 0 aliphatic carbocycles. The summed E-state index contributed by atoms with van der Waals surface area (Å²) < 4.78 is 0. The van der Waals surface area contributed by atoms with Crippen molar-refractivity contribution in [2.45, 2.75) is 18.9 Å². The number of hydrogen-bond acceptors (Lipinski definition) is 5. The Bertz CT molecular complexity index is 774. The Morgan fingerprint density at radius 1 is 1.08 bits per heavy atom. The molecule has 1 aliphatic rings. The Hall–Kier alpha value is -3.02. The lowest BCUT2D eigenvalue weighted by Gasteiger charge is -2.23. The van der Waals surface area contributed by atoms with Crippen LogP contribution in [-0.4, -0.2) is 22.6 Å². The molecule has 6 heteroatoms. The molecule has 1 aliphatic heterocycles. The predicted octanol–water partition coefficient (Wildman–Crippen LogP) is 3.01. The van der Waals surface area contributed by atoms with Crippen LogP contribution in [0.3, 0.4) is 0 Å². The average molecular weight is 324 g/mol. The molecular weight excluding hydrogens is 308 g/mol. The lowest BCUT2D eigenvalue weighted by Crippen LogP contribution is -2.36.